The lowest BCUT2D eigenvalue weighted by atomic mass is 9.65. The molecule has 10 nitrogen and oxygen atoms in total. The minimum atomic E-state index is -4.02. The number of para-hydroxylation sites is 1. The number of anilines is 1. The Bertz CT molecular complexity index is 1900. The minimum Gasteiger partial charge on any atom is -0.489 e. The fourth-order valence-corrected chi connectivity index (χ4v) is 11.6. The van der Waals surface area contributed by atoms with E-state index >= 15 is 0 Å². The quantitative estimate of drug-likeness (QED) is 0.170. The number of nitrogens with two attached hydrogens (primary N) is 1. The first kappa shape index (κ1) is 40.6. The van der Waals surface area contributed by atoms with Gasteiger partial charge >= 0.3 is 0 Å². The lowest BCUT2D eigenvalue weighted by Crippen LogP contribution is -2.67. The monoisotopic (exact) mass is 764 g/mol. The highest BCUT2D eigenvalue weighted by Gasteiger charge is 2.70. The highest BCUT2D eigenvalue weighted by molar-refractivity contribution is 7.93. The maximum atomic E-state index is 14.1. The SMILES string of the molecule is CO[C@H](C)C[C@]1(O)C(CN)CC([C@H]2O/C(c3ccccc3NS(=O)(=O)c3cccc4ccccc34)=C\[C@@H](OC)CC[C@@H]2C)C(C)C2C[C@H](C)[C@H](OC)[C@@]21O. The molecule has 3 aromatic carbocycles. The van der Waals surface area contributed by atoms with Crippen LogP contribution in [0.15, 0.2) is 77.7 Å². The normalized spacial score (nSPS) is 36.2. The molecule has 296 valence electrons. The number of methoxy groups -OCH3 is 3. The molecule has 3 aliphatic rings. The summed E-state index contributed by atoms with van der Waals surface area (Å²) < 4.78 is 56.0. The van der Waals surface area contributed by atoms with E-state index in [1.54, 1.807) is 45.6 Å². The van der Waals surface area contributed by atoms with Crippen LogP contribution in [-0.4, -0.2) is 82.1 Å². The summed E-state index contributed by atoms with van der Waals surface area (Å²) >= 11 is 0. The second kappa shape index (κ2) is 16.2. The third kappa shape index (κ3) is 7.22. The molecule has 1 heterocycles. The molecule has 0 saturated heterocycles. The molecule has 11 heteroatoms. The summed E-state index contributed by atoms with van der Waals surface area (Å²) in [5.41, 5.74) is 4.39. The van der Waals surface area contributed by atoms with Crippen molar-refractivity contribution in [3.63, 3.8) is 0 Å². The summed E-state index contributed by atoms with van der Waals surface area (Å²) in [4.78, 5) is 0.187. The van der Waals surface area contributed by atoms with Crippen molar-refractivity contribution >= 4 is 32.2 Å². The van der Waals surface area contributed by atoms with Crippen molar-refractivity contribution < 1.29 is 37.6 Å². The molecular weight excluding hydrogens is 705 g/mol. The molecule has 2 aliphatic carbocycles. The van der Waals surface area contributed by atoms with Gasteiger partial charge in [0.05, 0.1) is 28.9 Å². The van der Waals surface area contributed by atoms with Crippen LogP contribution in [0, 0.1) is 35.5 Å². The first-order chi connectivity index (χ1) is 25.7. The van der Waals surface area contributed by atoms with Crippen molar-refractivity contribution in [2.75, 3.05) is 32.6 Å². The third-order valence-corrected chi connectivity index (χ3v) is 14.6. The standard InChI is InChI=1S/C43H60N2O8S/c1-26-19-20-32(51-6)23-38(34-16-10-11-17-37(34)45-54(48,49)39-18-12-14-30-13-8-9-15-33(30)39)53-40(26)35-22-31(25-44)42(46,24-28(3)50-5)43(47)36(29(35)4)21-27(2)41(43)52-7/h8-18,23,26-29,31-32,35-36,40-41,45-47H,19-22,24-25,44H2,1-7H3/b38-23-/t26-,27-,28+,29?,31?,32-,35?,36?,40-,41-,42-,43-/m0/s1. The zero-order valence-electron chi connectivity index (χ0n) is 32.8. The molecule has 6 rings (SSSR count). The van der Waals surface area contributed by atoms with Crippen molar-refractivity contribution in [3.05, 3.63) is 78.4 Å². The van der Waals surface area contributed by atoms with Gasteiger partial charge in [-0.2, -0.15) is 0 Å². The zero-order valence-corrected chi connectivity index (χ0v) is 33.6. The van der Waals surface area contributed by atoms with Crippen LogP contribution in [0.2, 0.25) is 0 Å². The number of rotatable bonds is 11. The molecule has 0 amide bonds. The van der Waals surface area contributed by atoms with Crippen LogP contribution < -0.4 is 10.5 Å². The van der Waals surface area contributed by atoms with Crippen LogP contribution in [-0.2, 0) is 29.0 Å². The fourth-order valence-electron chi connectivity index (χ4n) is 10.3. The smallest absolute Gasteiger partial charge is 0.262 e. The Balaban J connectivity index is 1.42. The Labute approximate surface area is 321 Å². The van der Waals surface area contributed by atoms with Gasteiger partial charge in [-0.1, -0.05) is 69.3 Å². The second-order valence-corrected chi connectivity index (χ2v) is 17.9. The van der Waals surface area contributed by atoms with Crippen LogP contribution in [0.1, 0.15) is 65.4 Å². The highest BCUT2D eigenvalue weighted by Crippen LogP contribution is 2.60. The first-order valence-corrected chi connectivity index (χ1v) is 20.9. The molecule has 54 heavy (non-hydrogen) atoms. The average Bonchev–Trinajstić information content (AvgIpc) is 3.40. The van der Waals surface area contributed by atoms with Gasteiger partial charge in [0.2, 0.25) is 0 Å². The van der Waals surface area contributed by atoms with E-state index < -0.39 is 33.2 Å². The number of fused-ring (bicyclic) bond motifs is 2. The predicted molar refractivity (Wildman–Crippen MR) is 212 cm³/mol. The average molecular weight is 765 g/mol. The van der Waals surface area contributed by atoms with E-state index in [4.69, 9.17) is 24.7 Å². The predicted octanol–water partition coefficient (Wildman–Crippen LogP) is 6.60. The number of aliphatic hydroxyl groups is 2. The van der Waals surface area contributed by atoms with Gasteiger partial charge in [-0.25, -0.2) is 8.42 Å². The Kier molecular flexibility index (Phi) is 12.2. The number of ether oxygens (including phenoxy) is 4. The third-order valence-electron chi connectivity index (χ3n) is 13.2. The van der Waals surface area contributed by atoms with E-state index in [-0.39, 0.29) is 65.8 Å². The zero-order chi connectivity index (χ0) is 39.0. The van der Waals surface area contributed by atoms with Crippen molar-refractivity contribution in [1.82, 2.24) is 0 Å². The summed E-state index contributed by atoms with van der Waals surface area (Å²) in [6, 6.07) is 20.0. The van der Waals surface area contributed by atoms with Gasteiger partial charge in [0.1, 0.15) is 23.1 Å². The number of sulfonamides is 1. The lowest BCUT2D eigenvalue weighted by molar-refractivity contribution is -0.248. The Morgan fingerprint density at radius 3 is 2.33 bits per heavy atom. The second-order valence-electron chi connectivity index (χ2n) is 16.2. The lowest BCUT2D eigenvalue weighted by Gasteiger charge is -2.51. The molecule has 0 spiro atoms. The summed E-state index contributed by atoms with van der Waals surface area (Å²) in [5, 5.41) is 27.4. The highest BCUT2D eigenvalue weighted by atomic mass is 32.2. The molecule has 2 saturated carbocycles. The molecule has 5 N–H and O–H groups in total. The topological polar surface area (TPSA) is 150 Å². The minimum absolute atomic E-state index is 0.00997. The maximum Gasteiger partial charge on any atom is 0.262 e. The molecule has 4 unspecified atom stereocenters. The van der Waals surface area contributed by atoms with Crippen LogP contribution >= 0.6 is 0 Å². The number of nitrogens with one attached hydrogen (secondary N) is 1. The van der Waals surface area contributed by atoms with E-state index in [9.17, 15) is 18.6 Å². The number of benzene rings is 3. The Morgan fingerprint density at radius 1 is 0.926 bits per heavy atom. The Morgan fingerprint density at radius 2 is 1.63 bits per heavy atom. The van der Waals surface area contributed by atoms with Gasteiger partial charge in [-0.15, -0.1) is 0 Å². The molecule has 2 fully saturated rings. The summed E-state index contributed by atoms with van der Waals surface area (Å²) in [7, 11) is 0.886. The number of hydrogen-bond acceptors (Lipinski definition) is 9. The molecule has 1 aliphatic heterocycles. The molecule has 0 bridgehead atoms. The van der Waals surface area contributed by atoms with Gasteiger partial charge in [-0.05, 0) is 98.4 Å². The fraction of sp³-hybridized carbons (Fsp3) is 0.581. The van der Waals surface area contributed by atoms with Crippen molar-refractivity contribution in [1.29, 1.82) is 0 Å². The maximum absolute atomic E-state index is 14.1. The van der Waals surface area contributed by atoms with E-state index in [0.717, 1.165) is 18.2 Å². The van der Waals surface area contributed by atoms with Gasteiger partial charge in [0.15, 0.2) is 0 Å². The molecule has 0 radical (unpaired) electrons. The van der Waals surface area contributed by atoms with E-state index in [1.807, 2.05) is 55.5 Å². The van der Waals surface area contributed by atoms with E-state index in [1.165, 1.54) is 0 Å². The van der Waals surface area contributed by atoms with Crippen LogP contribution in [0.25, 0.3) is 16.5 Å². The van der Waals surface area contributed by atoms with Gasteiger partial charge in [0, 0.05) is 44.6 Å². The summed E-state index contributed by atoms with van der Waals surface area (Å²) in [6.07, 6.45) is 3.34. The first-order valence-electron chi connectivity index (χ1n) is 19.5. The molecule has 3 aromatic rings. The van der Waals surface area contributed by atoms with Crippen LogP contribution in [0.3, 0.4) is 0 Å². The largest absolute Gasteiger partial charge is 0.489 e. The van der Waals surface area contributed by atoms with Crippen LogP contribution in [0.4, 0.5) is 5.69 Å². The number of hydrogen-bond donors (Lipinski definition) is 4. The van der Waals surface area contributed by atoms with E-state index in [0.29, 0.717) is 35.2 Å². The van der Waals surface area contributed by atoms with Gasteiger partial charge < -0.3 is 34.9 Å². The molecule has 0 aromatic heterocycles. The van der Waals surface area contributed by atoms with Crippen molar-refractivity contribution in [2.45, 2.75) is 100 Å². The van der Waals surface area contributed by atoms with Crippen LogP contribution in [0.5, 0.6) is 0 Å². The van der Waals surface area contributed by atoms with Crippen molar-refractivity contribution in [3.8, 4) is 0 Å². The van der Waals surface area contributed by atoms with Crippen molar-refractivity contribution in [2.24, 2.45) is 41.2 Å². The Hall–Kier alpha value is -3.03. The van der Waals surface area contributed by atoms with E-state index in [2.05, 4.69) is 25.5 Å². The van der Waals surface area contributed by atoms with Gasteiger partial charge in [-0.3, -0.25) is 4.72 Å². The summed E-state index contributed by atoms with van der Waals surface area (Å²) in [5.74, 6) is -0.459. The summed E-state index contributed by atoms with van der Waals surface area (Å²) in [6.45, 7) is 8.50. The van der Waals surface area contributed by atoms with Gasteiger partial charge in [0.25, 0.3) is 10.0 Å². The molecular formula is C43H60N2O8S. The molecule has 12 atom stereocenters.